The fraction of sp³-hybridized carbons (Fsp3) is 0.316. The van der Waals surface area contributed by atoms with Crippen LogP contribution in [0, 0.1) is 6.92 Å². The minimum absolute atomic E-state index is 0.0582. The fourth-order valence-corrected chi connectivity index (χ4v) is 4.46. The number of aliphatic hydroxyl groups excluding tert-OH is 1. The van der Waals surface area contributed by atoms with Crippen LogP contribution < -0.4 is 5.32 Å². The SMILES string of the molecule is Cc1ccc(NC(=O)c2cccc(S(=O)(=O)N(CCO)C3CC3)c2)cc1. The summed E-state index contributed by atoms with van der Waals surface area (Å²) in [6.07, 6.45) is 1.60. The number of hydrogen-bond acceptors (Lipinski definition) is 4. The highest BCUT2D eigenvalue weighted by Gasteiger charge is 2.37. The van der Waals surface area contributed by atoms with Gasteiger partial charge in [0.25, 0.3) is 5.91 Å². The van der Waals surface area contributed by atoms with Crippen LogP contribution in [0.4, 0.5) is 5.69 Å². The van der Waals surface area contributed by atoms with E-state index in [9.17, 15) is 18.3 Å². The van der Waals surface area contributed by atoms with Gasteiger partial charge in [-0.2, -0.15) is 4.31 Å². The number of nitrogens with zero attached hydrogens (tertiary/aromatic N) is 1. The molecule has 0 aliphatic heterocycles. The Morgan fingerprint density at radius 2 is 1.88 bits per heavy atom. The first kappa shape index (κ1) is 18.6. The topological polar surface area (TPSA) is 86.7 Å². The molecule has 0 bridgehead atoms. The quantitative estimate of drug-likeness (QED) is 0.779. The van der Waals surface area contributed by atoms with Crippen molar-refractivity contribution in [1.82, 2.24) is 4.31 Å². The summed E-state index contributed by atoms with van der Waals surface area (Å²) in [6, 6.07) is 13.3. The highest BCUT2D eigenvalue weighted by molar-refractivity contribution is 7.89. The van der Waals surface area contributed by atoms with Crippen molar-refractivity contribution in [3.63, 3.8) is 0 Å². The number of nitrogens with one attached hydrogen (secondary N) is 1. The molecule has 138 valence electrons. The number of sulfonamides is 1. The Kier molecular flexibility index (Phi) is 5.41. The number of rotatable bonds is 7. The predicted octanol–water partition coefficient (Wildman–Crippen LogP) is 2.39. The second kappa shape index (κ2) is 7.57. The lowest BCUT2D eigenvalue weighted by Crippen LogP contribution is -2.35. The summed E-state index contributed by atoms with van der Waals surface area (Å²) in [6.45, 7) is 1.79. The van der Waals surface area contributed by atoms with E-state index in [1.165, 1.54) is 16.4 Å². The van der Waals surface area contributed by atoms with Gasteiger partial charge in [0.15, 0.2) is 0 Å². The molecule has 6 nitrogen and oxygen atoms in total. The maximum absolute atomic E-state index is 12.9. The van der Waals surface area contributed by atoms with E-state index in [-0.39, 0.29) is 35.6 Å². The molecule has 2 aromatic rings. The average Bonchev–Trinajstić information content (AvgIpc) is 3.46. The monoisotopic (exact) mass is 374 g/mol. The zero-order valence-electron chi connectivity index (χ0n) is 14.6. The van der Waals surface area contributed by atoms with Gasteiger partial charge in [-0.25, -0.2) is 8.42 Å². The lowest BCUT2D eigenvalue weighted by molar-refractivity contribution is 0.102. The van der Waals surface area contributed by atoms with E-state index in [0.717, 1.165) is 18.4 Å². The molecule has 2 aromatic carbocycles. The number of benzene rings is 2. The largest absolute Gasteiger partial charge is 0.395 e. The van der Waals surface area contributed by atoms with Gasteiger partial charge in [0.1, 0.15) is 0 Å². The van der Waals surface area contributed by atoms with Crippen LogP contribution in [-0.2, 0) is 10.0 Å². The third-order valence-corrected chi connectivity index (χ3v) is 6.23. The van der Waals surface area contributed by atoms with Crippen molar-refractivity contribution in [1.29, 1.82) is 0 Å². The summed E-state index contributed by atoms with van der Waals surface area (Å²) in [5.41, 5.74) is 2.00. The van der Waals surface area contributed by atoms with Gasteiger partial charge in [-0.1, -0.05) is 23.8 Å². The molecule has 3 rings (SSSR count). The summed E-state index contributed by atoms with van der Waals surface area (Å²) in [5, 5.41) is 11.9. The minimum atomic E-state index is -3.74. The number of anilines is 1. The molecule has 0 spiro atoms. The van der Waals surface area contributed by atoms with E-state index < -0.39 is 10.0 Å². The molecule has 7 heteroatoms. The molecule has 1 fully saturated rings. The van der Waals surface area contributed by atoms with E-state index in [2.05, 4.69) is 5.32 Å². The minimum Gasteiger partial charge on any atom is -0.395 e. The zero-order chi connectivity index (χ0) is 18.7. The standard InChI is InChI=1S/C19H22N2O4S/c1-14-5-7-16(8-6-14)20-19(23)15-3-2-4-18(13-15)26(24,25)21(11-12-22)17-9-10-17/h2-8,13,17,22H,9-12H2,1H3,(H,20,23). The Morgan fingerprint density at radius 3 is 2.50 bits per heavy atom. The summed E-state index contributed by atoms with van der Waals surface area (Å²) < 4.78 is 27.0. The lowest BCUT2D eigenvalue weighted by Gasteiger charge is -2.21. The molecule has 1 saturated carbocycles. The van der Waals surface area contributed by atoms with Gasteiger partial charge in [0, 0.05) is 23.8 Å². The number of amides is 1. The van der Waals surface area contributed by atoms with Crippen molar-refractivity contribution in [2.45, 2.75) is 30.7 Å². The predicted molar refractivity (Wildman–Crippen MR) is 99.6 cm³/mol. The summed E-state index contributed by atoms with van der Waals surface area (Å²) in [7, 11) is -3.74. The Hall–Kier alpha value is -2.22. The van der Waals surface area contributed by atoms with E-state index in [4.69, 9.17) is 0 Å². The molecule has 0 saturated heterocycles. The number of carbonyl (C=O) groups excluding carboxylic acids is 1. The van der Waals surface area contributed by atoms with Crippen LogP contribution in [-0.4, -0.2) is 42.9 Å². The van der Waals surface area contributed by atoms with Crippen molar-refractivity contribution in [3.8, 4) is 0 Å². The smallest absolute Gasteiger partial charge is 0.255 e. The van der Waals surface area contributed by atoms with Gasteiger partial charge >= 0.3 is 0 Å². The van der Waals surface area contributed by atoms with E-state index in [1.807, 2.05) is 19.1 Å². The molecular weight excluding hydrogens is 352 g/mol. The molecule has 0 aromatic heterocycles. The highest BCUT2D eigenvalue weighted by Crippen LogP contribution is 2.32. The van der Waals surface area contributed by atoms with Crippen LogP contribution in [0.2, 0.25) is 0 Å². The number of aryl methyl sites for hydroxylation is 1. The van der Waals surface area contributed by atoms with Crippen LogP contribution in [0.25, 0.3) is 0 Å². The summed E-state index contributed by atoms with van der Waals surface area (Å²) in [5.74, 6) is -0.369. The normalized spacial score (nSPS) is 14.4. The van der Waals surface area contributed by atoms with E-state index >= 15 is 0 Å². The zero-order valence-corrected chi connectivity index (χ0v) is 15.4. The van der Waals surface area contributed by atoms with Crippen LogP contribution in [0.5, 0.6) is 0 Å². The lowest BCUT2D eigenvalue weighted by atomic mass is 10.2. The molecule has 0 radical (unpaired) electrons. The van der Waals surface area contributed by atoms with Crippen molar-refractivity contribution in [3.05, 3.63) is 59.7 Å². The molecule has 1 amide bonds. The average molecular weight is 374 g/mol. The Bertz CT molecular complexity index is 890. The number of carbonyl (C=O) groups is 1. The first-order valence-electron chi connectivity index (χ1n) is 8.52. The molecule has 1 aliphatic rings. The number of hydrogen-bond donors (Lipinski definition) is 2. The van der Waals surface area contributed by atoms with Crippen molar-refractivity contribution < 1.29 is 18.3 Å². The summed E-state index contributed by atoms with van der Waals surface area (Å²) in [4.78, 5) is 12.5. The van der Waals surface area contributed by atoms with Gasteiger partial charge < -0.3 is 10.4 Å². The fourth-order valence-electron chi connectivity index (χ4n) is 2.73. The Morgan fingerprint density at radius 1 is 1.19 bits per heavy atom. The van der Waals surface area contributed by atoms with Crippen LogP contribution >= 0.6 is 0 Å². The first-order chi connectivity index (χ1) is 12.4. The maximum atomic E-state index is 12.9. The van der Waals surface area contributed by atoms with E-state index in [1.54, 1.807) is 24.3 Å². The maximum Gasteiger partial charge on any atom is 0.255 e. The molecular formula is C19H22N2O4S. The Labute approximate surface area is 153 Å². The Balaban J connectivity index is 1.82. The van der Waals surface area contributed by atoms with Gasteiger partial charge in [-0.3, -0.25) is 4.79 Å². The first-order valence-corrected chi connectivity index (χ1v) is 9.96. The van der Waals surface area contributed by atoms with Gasteiger partial charge in [-0.15, -0.1) is 0 Å². The molecule has 1 aliphatic carbocycles. The number of aliphatic hydroxyl groups is 1. The molecule has 26 heavy (non-hydrogen) atoms. The van der Waals surface area contributed by atoms with E-state index in [0.29, 0.717) is 5.69 Å². The van der Waals surface area contributed by atoms with Gasteiger partial charge in [-0.05, 0) is 50.1 Å². The molecule has 0 unspecified atom stereocenters. The van der Waals surface area contributed by atoms with Gasteiger partial charge in [0.2, 0.25) is 10.0 Å². The molecule has 0 heterocycles. The van der Waals surface area contributed by atoms with Crippen LogP contribution in [0.3, 0.4) is 0 Å². The summed E-state index contributed by atoms with van der Waals surface area (Å²) >= 11 is 0. The van der Waals surface area contributed by atoms with Gasteiger partial charge in [0.05, 0.1) is 11.5 Å². The van der Waals surface area contributed by atoms with Crippen molar-refractivity contribution in [2.75, 3.05) is 18.5 Å². The van der Waals surface area contributed by atoms with Crippen LogP contribution in [0.15, 0.2) is 53.4 Å². The third kappa shape index (κ3) is 4.12. The molecule has 2 N–H and O–H groups in total. The highest BCUT2D eigenvalue weighted by atomic mass is 32.2. The second-order valence-corrected chi connectivity index (χ2v) is 8.31. The van der Waals surface area contributed by atoms with Crippen molar-refractivity contribution >= 4 is 21.6 Å². The second-order valence-electron chi connectivity index (χ2n) is 6.42. The van der Waals surface area contributed by atoms with Crippen molar-refractivity contribution in [2.24, 2.45) is 0 Å². The van der Waals surface area contributed by atoms with Crippen LogP contribution in [0.1, 0.15) is 28.8 Å². The third-order valence-electron chi connectivity index (χ3n) is 4.29. The molecule has 0 atom stereocenters.